The van der Waals surface area contributed by atoms with Crippen molar-refractivity contribution in [1.29, 1.82) is 0 Å². The SMILES string of the molecule is CC(Cc1cccs1)C(=O)N1CCC(O)(c2nc3ccccc3c(=O)n2C)CC1. The molecule has 0 bridgehead atoms. The molecule has 0 aliphatic carbocycles. The first-order valence-corrected chi connectivity index (χ1v) is 10.8. The van der Waals surface area contributed by atoms with Gasteiger partial charge in [0.2, 0.25) is 5.91 Å². The van der Waals surface area contributed by atoms with Gasteiger partial charge in [0, 0.05) is 43.8 Å². The van der Waals surface area contributed by atoms with Crippen molar-refractivity contribution >= 4 is 28.1 Å². The maximum absolute atomic E-state index is 12.8. The molecule has 1 aromatic carbocycles. The van der Waals surface area contributed by atoms with Gasteiger partial charge in [-0.3, -0.25) is 14.2 Å². The number of carbonyl (C=O) groups is 1. The van der Waals surface area contributed by atoms with Crippen LogP contribution in [0.3, 0.4) is 0 Å². The van der Waals surface area contributed by atoms with Gasteiger partial charge in [0.05, 0.1) is 10.9 Å². The van der Waals surface area contributed by atoms with Crippen molar-refractivity contribution in [3.05, 3.63) is 62.8 Å². The Hall–Kier alpha value is -2.51. The molecule has 3 aromatic rings. The molecule has 0 saturated carbocycles. The Labute approximate surface area is 173 Å². The van der Waals surface area contributed by atoms with E-state index in [4.69, 9.17) is 0 Å². The Balaban J connectivity index is 1.51. The van der Waals surface area contributed by atoms with E-state index in [9.17, 15) is 14.7 Å². The number of aromatic nitrogens is 2. The fourth-order valence-corrected chi connectivity index (χ4v) is 4.92. The van der Waals surface area contributed by atoms with Crippen LogP contribution in [0.25, 0.3) is 10.9 Å². The molecule has 1 atom stereocenters. The zero-order valence-corrected chi connectivity index (χ0v) is 17.5. The summed E-state index contributed by atoms with van der Waals surface area (Å²) in [6.07, 6.45) is 1.46. The van der Waals surface area contributed by atoms with Gasteiger partial charge >= 0.3 is 0 Å². The number of rotatable bonds is 4. The van der Waals surface area contributed by atoms with Crippen LogP contribution in [0.4, 0.5) is 0 Å². The van der Waals surface area contributed by atoms with Crippen LogP contribution >= 0.6 is 11.3 Å². The van der Waals surface area contributed by atoms with Gasteiger partial charge in [0.25, 0.3) is 5.56 Å². The van der Waals surface area contributed by atoms with Gasteiger partial charge in [-0.05, 0) is 30.0 Å². The summed E-state index contributed by atoms with van der Waals surface area (Å²) in [7, 11) is 1.65. The summed E-state index contributed by atoms with van der Waals surface area (Å²) in [5.74, 6) is 0.392. The number of amides is 1. The van der Waals surface area contributed by atoms with Gasteiger partial charge in [-0.15, -0.1) is 11.3 Å². The Bertz CT molecular complexity index is 1080. The second-order valence-electron chi connectivity index (χ2n) is 7.86. The van der Waals surface area contributed by atoms with Crippen molar-refractivity contribution in [1.82, 2.24) is 14.5 Å². The zero-order valence-electron chi connectivity index (χ0n) is 16.7. The quantitative estimate of drug-likeness (QED) is 0.716. The molecule has 0 spiro atoms. The smallest absolute Gasteiger partial charge is 0.261 e. The molecule has 0 radical (unpaired) electrons. The van der Waals surface area contributed by atoms with Crippen LogP contribution in [0.1, 0.15) is 30.5 Å². The number of fused-ring (bicyclic) bond motifs is 1. The molecule has 7 heteroatoms. The van der Waals surface area contributed by atoms with Gasteiger partial charge in [0.15, 0.2) is 0 Å². The Morgan fingerprint density at radius 3 is 2.66 bits per heavy atom. The van der Waals surface area contributed by atoms with Crippen LogP contribution < -0.4 is 5.56 Å². The van der Waals surface area contributed by atoms with E-state index in [0.717, 1.165) is 6.42 Å². The Kier molecular flexibility index (Phi) is 5.27. The minimum atomic E-state index is -1.22. The number of aliphatic hydroxyl groups is 1. The minimum Gasteiger partial charge on any atom is -0.382 e. The van der Waals surface area contributed by atoms with E-state index in [1.165, 1.54) is 9.44 Å². The van der Waals surface area contributed by atoms with E-state index < -0.39 is 5.60 Å². The molecule has 1 fully saturated rings. The third-order valence-electron chi connectivity index (χ3n) is 5.81. The standard InChI is InChI=1S/C22H25N3O3S/c1-15(14-16-6-5-13-29-16)19(26)25-11-9-22(28,10-12-25)21-23-18-8-4-3-7-17(18)20(27)24(21)2/h3-8,13,15,28H,9-12,14H2,1-2H3. The molecule has 1 aliphatic heterocycles. The first-order chi connectivity index (χ1) is 13.9. The summed E-state index contributed by atoms with van der Waals surface area (Å²) in [6, 6.07) is 11.2. The van der Waals surface area contributed by atoms with E-state index >= 15 is 0 Å². The second-order valence-corrected chi connectivity index (χ2v) is 8.89. The molecule has 4 rings (SSSR count). The third-order valence-corrected chi connectivity index (χ3v) is 6.71. The van der Waals surface area contributed by atoms with Crippen LogP contribution in [-0.2, 0) is 23.9 Å². The molecular formula is C22H25N3O3S. The summed E-state index contributed by atoms with van der Waals surface area (Å²) >= 11 is 1.66. The van der Waals surface area contributed by atoms with Crippen molar-refractivity contribution < 1.29 is 9.90 Å². The Morgan fingerprint density at radius 2 is 1.97 bits per heavy atom. The number of hydrogen-bond acceptors (Lipinski definition) is 5. The van der Waals surface area contributed by atoms with Crippen molar-refractivity contribution in [2.75, 3.05) is 13.1 Å². The first kappa shape index (κ1) is 19.8. The number of likely N-dealkylation sites (tertiary alicyclic amines) is 1. The fraction of sp³-hybridized carbons (Fsp3) is 0.409. The van der Waals surface area contributed by atoms with Gasteiger partial charge < -0.3 is 10.0 Å². The van der Waals surface area contributed by atoms with E-state index in [2.05, 4.69) is 11.1 Å². The molecule has 1 N–H and O–H groups in total. The number of hydrogen-bond donors (Lipinski definition) is 1. The van der Waals surface area contributed by atoms with Crippen molar-refractivity contribution in [3.8, 4) is 0 Å². The molecule has 152 valence electrons. The molecule has 1 unspecified atom stereocenters. The normalized spacial score (nSPS) is 17.4. The number of nitrogens with zero attached hydrogens (tertiary/aromatic N) is 3. The highest BCUT2D eigenvalue weighted by molar-refractivity contribution is 7.09. The predicted octanol–water partition coefficient (Wildman–Crippen LogP) is 2.68. The second kappa shape index (κ2) is 7.72. The van der Waals surface area contributed by atoms with Crippen molar-refractivity contribution in [2.24, 2.45) is 13.0 Å². The summed E-state index contributed by atoms with van der Waals surface area (Å²) in [5.41, 5.74) is -0.796. The summed E-state index contributed by atoms with van der Waals surface area (Å²) in [4.78, 5) is 33.2. The van der Waals surface area contributed by atoms with E-state index in [1.54, 1.807) is 36.6 Å². The first-order valence-electron chi connectivity index (χ1n) is 9.89. The van der Waals surface area contributed by atoms with Crippen LogP contribution in [0, 0.1) is 5.92 Å². The third kappa shape index (κ3) is 3.72. The number of carbonyl (C=O) groups excluding carboxylic acids is 1. The highest BCUT2D eigenvalue weighted by atomic mass is 32.1. The number of piperidine rings is 1. The van der Waals surface area contributed by atoms with Gasteiger partial charge in [-0.1, -0.05) is 25.1 Å². The minimum absolute atomic E-state index is 0.0945. The average molecular weight is 412 g/mol. The summed E-state index contributed by atoms with van der Waals surface area (Å²) in [6.45, 7) is 2.86. The fourth-order valence-electron chi connectivity index (χ4n) is 4.08. The van der Waals surface area contributed by atoms with Gasteiger partial charge in [-0.25, -0.2) is 4.98 Å². The average Bonchev–Trinajstić information content (AvgIpc) is 3.23. The van der Waals surface area contributed by atoms with Crippen LogP contribution in [0.5, 0.6) is 0 Å². The van der Waals surface area contributed by atoms with E-state index in [0.29, 0.717) is 42.7 Å². The monoisotopic (exact) mass is 411 g/mol. The van der Waals surface area contributed by atoms with Crippen LogP contribution in [-0.4, -0.2) is 38.6 Å². The number of thiophene rings is 1. The lowest BCUT2D eigenvalue weighted by molar-refractivity contribution is -0.139. The number of benzene rings is 1. The molecule has 1 saturated heterocycles. The van der Waals surface area contributed by atoms with Crippen LogP contribution in [0.15, 0.2) is 46.6 Å². The summed E-state index contributed by atoms with van der Waals surface area (Å²) in [5, 5.41) is 13.9. The van der Waals surface area contributed by atoms with Crippen molar-refractivity contribution in [2.45, 2.75) is 31.8 Å². The lowest BCUT2D eigenvalue weighted by atomic mass is 9.89. The summed E-state index contributed by atoms with van der Waals surface area (Å²) < 4.78 is 1.44. The molecule has 1 amide bonds. The maximum atomic E-state index is 12.8. The van der Waals surface area contributed by atoms with Gasteiger partial charge in [-0.2, -0.15) is 0 Å². The molecule has 1 aliphatic rings. The van der Waals surface area contributed by atoms with Crippen LogP contribution in [0.2, 0.25) is 0 Å². The van der Waals surface area contributed by atoms with E-state index in [-0.39, 0.29) is 17.4 Å². The van der Waals surface area contributed by atoms with Crippen molar-refractivity contribution in [3.63, 3.8) is 0 Å². The zero-order chi connectivity index (χ0) is 20.6. The van der Waals surface area contributed by atoms with Gasteiger partial charge in [0.1, 0.15) is 11.4 Å². The largest absolute Gasteiger partial charge is 0.382 e. The molecular weight excluding hydrogens is 386 g/mol. The predicted molar refractivity (Wildman–Crippen MR) is 114 cm³/mol. The highest BCUT2D eigenvalue weighted by Gasteiger charge is 2.39. The lowest BCUT2D eigenvalue weighted by Crippen LogP contribution is -2.48. The Morgan fingerprint density at radius 1 is 1.24 bits per heavy atom. The molecule has 2 aromatic heterocycles. The number of para-hydroxylation sites is 1. The molecule has 3 heterocycles. The lowest BCUT2D eigenvalue weighted by Gasteiger charge is -2.39. The molecule has 6 nitrogen and oxygen atoms in total. The maximum Gasteiger partial charge on any atom is 0.261 e. The topological polar surface area (TPSA) is 75.4 Å². The highest BCUT2D eigenvalue weighted by Crippen LogP contribution is 2.32. The molecule has 29 heavy (non-hydrogen) atoms. The van der Waals surface area contributed by atoms with E-state index in [1.807, 2.05) is 29.3 Å².